The number of aromatic nitrogens is 3. The minimum Gasteiger partial charge on any atom is -0.492 e. The Kier molecular flexibility index (Phi) is 4.65. The Morgan fingerprint density at radius 1 is 1.43 bits per heavy atom. The Labute approximate surface area is 137 Å². The second-order valence-electron chi connectivity index (χ2n) is 5.14. The molecule has 8 heteroatoms. The average Bonchev–Trinajstić information content (AvgIpc) is 3.26. The van der Waals surface area contributed by atoms with Crippen LogP contribution in [0.4, 0.5) is 0 Å². The summed E-state index contributed by atoms with van der Waals surface area (Å²) in [4.78, 5) is 7.84. The minimum atomic E-state index is -0.277. The molecule has 1 atom stereocenters. The molecule has 0 aromatic carbocycles. The maximum atomic E-state index is 10.6. The minimum absolute atomic E-state index is 0.0343. The molecule has 0 saturated carbocycles. The zero-order valence-electron chi connectivity index (χ0n) is 13.1. The third-order valence-corrected chi connectivity index (χ3v) is 4.85. The molecule has 124 valence electrons. The van der Waals surface area contributed by atoms with Crippen molar-refractivity contribution in [2.24, 2.45) is 0 Å². The van der Waals surface area contributed by atoms with Gasteiger partial charge in [0.25, 0.3) is 0 Å². The summed E-state index contributed by atoms with van der Waals surface area (Å²) in [6, 6.07) is 3.41. The Morgan fingerprint density at radius 3 is 2.83 bits per heavy atom. The number of furan rings is 1. The van der Waals surface area contributed by atoms with E-state index in [9.17, 15) is 10.2 Å². The van der Waals surface area contributed by atoms with Crippen molar-refractivity contribution in [2.75, 3.05) is 19.7 Å². The van der Waals surface area contributed by atoms with E-state index >= 15 is 0 Å². The van der Waals surface area contributed by atoms with E-state index in [4.69, 9.17) is 4.42 Å². The summed E-state index contributed by atoms with van der Waals surface area (Å²) in [7, 11) is 0. The molecule has 0 radical (unpaired) electrons. The number of aliphatic hydroxyl groups is 1. The van der Waals surface area contributed by atoms with Gasteiger partial charge in [-0.3, -0.25) is 4.90 Å². The van der Waals surface area contributed by atoms with E-state index in [-0.39, 0.29) is 18.5 Å². The number of nitrogens with zero attached hydrogens (tertiary/aromatic N) is 4. The molecule has 0 bridgehead atoms. The van der Waals surface area contributed by atoms with Crippen LogP contribution < -0.4 is 0 Å². The number of aromatic hydroxyl groups is 1. The van der Waals surface area contributed by atoms with Gasteiger partial charge in [-0.15, -0.1) is 5.10 Å². The molecule has 3 rings (SSSR count). The average molecular weight is 336 g/mol. The first-order valence-electron chi connectivity index (χ1n) is 7.65. The highest BCUT2D eigenvalue weighted by Crippen LogP contribution is 2.39. The first-order valence-corrected chi connectivity index (χ1v) is 8.46. The molecule has 7 nitrogen and oxygen atoms in total. The molecule has 23 heavy (non-hydrogen) atoms. The summed E-state index contributed by atoms with van der Waals surface area (Å²) >= 11 is 1.39. The summed E-state index contributed by atoms with van der Waals surface area (Å²) in [5.41, 5.74) is 0. The highest BCUT2D eigenvalue weighted by atomic mass is 32.1. The van der Waals surface area contributed by atoms with E-state index in [0.29, 0.717) is 28.8 Å². The number of likely N-dealkylation sites (N-methyl/N-ethyl adjacent to an activating group) is 1. The first kappa shape index (κ1) is 16.0. The summed E-state index contributed by atoms with van der Waals surface area (Å²) in [6.45, 7) is 5.21. The molecule has 3 aromatic rings. The molecule has 2 N–H and O–H groups in total. The van der Waals surface area contributed by atoms with Gasteiger partial charge in [-0.25, -0.2) is 4.98 Å². The Hall–Kier alpha value is -1.90. The van der Waals surface area contributed by atoms with Crippen molar-refractivity contribution in [2.45, 2.75) is 26.3 Å². The van der Waals surface area contributed by atoms with Crippen LogP contribution in [0.3, 0.4) is 0 Å². The largest absolute Gasteiger partial charge is 0.492 e. The van der Waals surface area contributed by atoms with Crippen molar-refractivity contribution in [1.82, 2.24) is 19.5 Å². The van der Waals surface area contributed by atoms with Crippen LogP contribution in [0.25, 0.3) is 4.96 Å². The summed E-state index contributed by atoms with van der Waals surface area (Å²) in [6.07, 6.45) is 2.33. The van der Waals surface area contributed by atoms with E-state index in [1.807, 2.05) is 30.9 Å². The molecule has 0 fully saturated rings. The quantitative estimate of drug-likeness (QED) is 0.687. The van der Waals surface area contributed by atoms with E-state index in [1.54, 1.807) is 6.26 Å². The summed E-state index contributed by atoms with van der Waals surface area (Å²) in [5, 5.41) is 24.3. The molecule has 1 unspecified atom stereocenters. The van der Waals surface area contributed by atoms with Gasteiger partial charge in [0, 0.05) is 13.0 Å². The molecule has 0 aliphatic rings. The smallest absolute Gasteiger partial charge is 0.230 e. The third-order valence-electron chi connectivity index (χ3n) is 3.78. The van der Waals surface area contributed by atoms with Crippen molar-refractivity contribution in [3.8, 4) is 5.88 Å². The van der Waals surface area contributed by atoms with Crippen molar-refractivity contribution in [3.63, 3.8) is 0 Å². The number of aryl methyl sites for hydroxylation is 1. The van der Waals surface area contributed by atoms with Gasteiger partial charge < -0.3 is 14.6 Å². The molecule has 3 aromatic heterocycles. The summed E-state index contributed by atoms with van der Waals surface area (Å²) in [5.74, 6) is 1.50. The zero-order valence-corrected chi connectivity index (χ0v) is 14.0. The molecule has 0 spiro atoms. The summed E-state index contributed by atoms with van der Waals surface area (Å²) < 4.78 is 7.05. The van der Waals surface area contributed by atoms with Crippen LogP contribution in [0, 0.1) is 0 Å². The number of thiazole rings is 1. The lowest BCUT2D eigenvalue weighted by molar-refractivity contribution is 0.162. The number of hydrogen-bond acceptors (Lipinski definition) is 7. The number of hydrogen-bond donors (Lipinski definition) is 2. The maximum Gasteiger partial charge on any atom is 0.230 e. The molecule has 0 aliphatic carbocycles. The predicted octanol–water partition coefficient (Wildman–Crippen LogP) is 2.06. The molecule has 0 aliphatic heterocycles. The third kappa shape index (κ3) is 2.85. The van der Waals surface area contributed by atoms with Gasteiger partial charge in [0.1, 0.15) is 11.8 Å². The Morgan fingerprint density at radius 2 is 2.26 bits per heavy atom. The predicted molar refractivity (Wildman–Crippen MR) is 86.8 cm³/mol. The van der Waals surface area contributed by atoms with Crippen molar-refractivity contribution < 1.29 is 14.6 Å². The highest BCUT2D eigenvalue weighted by Gasteiger charge is 2.30. The van der Waals surface area contributed by atoms with Crippen molar-refractivity contribution in [3.05, 3.63) is 34.9 Å². The Bertz CT molecular complexity index is 765. The molecule has 0 amide bonds. The van der Waals surface area contributed by atoms with Gasteiger partial charge in [0.2, 0.25) is 10.8 Å². The fourth-order valence-electron chi connectivity index (χ4n) is 2.64. The lowest BCUT2D eigenvalue weighted by Gasteiger charge is -2.27. The van der Waals surface area contributed by atoms with Gasteiger partial charge in [-0.1, -0.05) is 25.2 Å². The number of rotatable bonds is 7. The van der Waals surface area contributed by atoms with E-state index < -0.39 is 0 Å². The monoisotopic (exact) mass is 336 g/mol. The van der Waals surface area contributed by atoms with Gasteiger partial charge in [-0.05, 0) is 18.7 Å². The maximum absolute atomic E-state index is 10.6. The van der Waals surface area contributed by atoms with Crippen LogP contribution in [-0.4, -0.2) is 49.4 Å². The van der Waals surface area contributed by atoms with Gasteiger partial charge in [-0.2, -0.15) is 4.52 Å². The zero-order chi connectivity index (χ0) is 16.4. The number of aliphatic hydroxyl groups excluding tert-OH is 1. The molecular formula is C15H20N4O3S. The molecule has 0 saturated heterocycles. The standard InChI is InChI=1S/C15H20N4O3S/c1-3-11-16-15-19(17-11)14(21)13(23-15)12(10-6-5-9-22-10)18(4-2)7-8-20/h5-6,9,12,20-21H,3-4,7-8H2,1-2H3. The van der Waals surface area contributed by atoms with Crippen LogP contribution in [-0.2, 0) is 6.42 Å². The van der Waals surface area contributed by atoms with Crippen LogP contribution in [0.2, 0.25) is 0 Å². The molecular weight excluding hydrogens is 316 g/mol. The van der Waals surface area contributed by atoms with Crippen LogP contribution in [0.1, 0.15) is 36.4 Å². The topological polar surface area (TPSA) is 87.0 Å². The van der Waals surface area contributed by atoms with Gasteiger partial charge in [0.05, 0.1) is 17.7 Å². The normalized spacial score (nSPS) is 13.2. The number of fused-ring (bicyclic) bond motifs is 1. The van der Waals surface area contributed by atoms with E-state index in [1.165, 1.54) is 15.9 Å². The SMILES string of the molecule is CCc1nc2sc(C(c3ccco3)N(CC)CCO)c(O)n2n1. The fourth-order valence-corrected chi connectivity index (χ4v) is 3.75. The van der Waals surface area contributed by atoms with Gasteiger partial charge in [0.15, 0.2) is 5.82 Å². The second kappa shape index (κ2) is 6.69. The van der Waals surface area contributed by atoms with Crippen LogP contribution >= 0.6 is 11.3 Å². The highest BCUT2D eigenvalue weighted by molar-refractivity contribution is 7.17. The lowest BCUT2D eigenvalue weighted by Crippen LogP contribution is -2.31. The Balaban J connectivity index is 2.09. The fraction of sp³-hybridized carbons (Fsp3) is 0.467. The van der Waals surface area contributed by atoms with Crippen LogP contribution in [0.15, 0.2) is 22.8 Å². The van der Waals surface area contributed by atoms with Crippen molar-refractivity contribution in [1.29, 1.82) is 0 Å². The van der Waals surface area contributed by atoms with E-state index in [0.717, 1.165) is 12.2 Å². The second-order valence-corrected chi connectivity index (χ2v) is 6.15. The van der Waals surface area contributed by atoms with Crippen LogP contribution in [0.5, 0.6) is 5.88 Å². The van der Waals surface area contributed by atoms with E-state index in [2.05, 4.69) is 10.1 Å². The molecule has 3 heterocycles. The lowest BCUT2D eigenvalue weighted by atomic mass is 10.1. The first-order chi connectivity index (χ1) is 11.2. The van der Waals surface area contributed by atoms with Gasteiger partial charge >= 0.3 is 0 Å². The van der Waals surface area contributed by atoms with Crippen molar-refractivity contribution >= 4 is 16.3 Å².